The van der Waals surface area contributed by atoms with E-state index in [4.69, 9.17) is 21.2 Å². The summed E-state index contributed by atoms with van der Waals surface area (Å²) < 4.78 is 6.51. The summed E-state index contributed by atoms with van der Waals surface area (Å²) >= 11 is 5.92. The van der Waals surface area contributed by atoms with Gasteiger partial charge >= 0.3 is 0 Å². The summed E-state index contributed by atoms with van der Waals surface area (Å²) in [6, 6.07) is 16.2. The van der Waals surface area contributed by atoms with Crippen LogP contribution in [0.5, 0.6) is 5.75 Å². The van der Waals surface area contributed by atoms with Gasteiger partial charge in [-0.15, -0.1) is 0 Å². The number of nitrogens with zero attached hydrogens (tertiary/aromatic N) is 3. The molecule has 0 saturated heterocycles. The smallest absolute Gasteiger partial charge is 0.293 e. The van der Waals surface area contributed by atoms with Crippen molar-refractivity contribution in [2.24, 2.45) is 0 Å². The molecule has 0 spiro atoms. The average molecular weight is 454 g/mol. The Kier molecular flexibility index (Phi) is 8.19. The van der Waals surface area contributed by atoms with Crippen molar-refractivity contribution in [3.05, 3.63) is 81.6 Å². The predicted molar refractivity (Wildman–Crippen MR) is 126 cm³/mol. The van der Waals surface area contributed by atoms with Gasteiger partial charge in [-0.3, -0.25) is 14.4 Å². The van der Waals surface area contributed by atoms with Crippen molar-refractivity contribution >= 4 is 29.8 Å². The molecule has 0 saturated carbocycles. The third-order valence-corrected chi connectivity index (χ3v) is 4.82. The van der Waals surface area contributed by atoms with E-state index < -0.39 is 5.56 Å². The van der Waals surface area contributed by atoms with Crippen LogP contribution in [0.2, 0.25) is 5.02 Å². The van der Waals surface area contributed by atoms with Gasteiger partial charge in [-0.05, 0) is 54.4 Å². The lowest BCUT2D eigenvalue weighted by atomic mass is 10.1. The maximum atomic E-state index is 13.1. The quantitative estimate of drug-likeness (QED) is 0.331. The number of hydrogen-bond donors (Lipinski definition) is 0. The van der Waals surface area contributed by atoms with E-state index in [1.165, 1.54) is 4.68 Å². The van der Waals surface area contributed by atoms with Crippen LogP contribution < -0.4 is 15.4 Å². The van der Waals surface area contributed by atoms with Crippen LogP contribution in [0.15, 0.2) is 65.5 Å². The lowest BCUT2D eigenvalue weighted by Crippen LogP contribution is -2.33. The molecule has 0 radical (unpaired) electrons. The zero-order valence-corrected chi connectivity index (χ0v) is 18.7. The number of aromatic nitrogens is 2. The van der Waals surface area contributed by atoms with Gasteiger partial charge in [0.1, 0.15) is 11.4 Å². The van der Waals surface area contributed by atoms with Crippen molar-refractivity contribution in [1.29, 1.82) is 0 Å². The molecule has 0 aliphatic carbocycles. The minimum atomic E-state index is -0.439. The number of ether oxygens (including phenoxy) is 1. The van der Waals surface area contributed by atoms with Gasteiger partial charge in [-0.1, -0.05) is 42.8 Å². The van der Waals surface area contributed by atoms with E-state index >= 15 is 0 Å². The van der Waals surface area contributed by atoms with Crippen LogP contribution in [-0.2, 0) is 16.2 Å². The highest BCUT2D eigenvalue weighted by molar-refractivity contribution is 6.30. The van der Waals surface area contributed by atoms with Gasteiger partial charge < -0.3 is 4.74 Å². The zero-order valence-electron chi connectivity index (χ0n) is 17.9. The van der Waals surface area contributed by atoms with Gasteiger partial charge in [0.05, 0.1) is 26.0 Å². The van der Waals surface area contributed by atoms with Crippen LogP contribution in [0.3, 0.4) is 0 Å². The maximum absolute atomic E-state index is 13.1. The third-order valence-electron chi connectivity index (χ3n) is 4.57. The number of hydrogen-bond acceptors (Lipinski definition) is 5. The minimum Gasteiger partial charge on any atom is -0.497 e. The maximum Gasteiger partial charge on any atom is 0.293 e. The number of carbonyl (C=O) groups is 1. The first kappa shape index (κ1) is 23.2. The topological polar surface area (TPSA) is 73.7 Å². The molecule has 0 N–H and O–H groups in total. The SMILES string of the molecule is CCCON(C=O)c1cc(-c2ccc(OC)cc2)nn(C/C=C/c2ccc(Cl)cc2)c1=O. The summed E-state index contributed by atoms with van der Waals surface area (Å²) in [4.78, 5) is 30.1. The second kappa shape index (κ2) is 11.3. The molecule has 166 valence electrons. The Bertz CT molecular complexity index is 1130. The molecular formula is C24H24ClN3O4. The van der Waals surface area contributed by atoms with Gasteiger partial charge in [-0.2, -0.15) is 10.2 Å². The lowest BCUT2D eigenvalue weighted by Gasteiger charge is -2.18. The second-order valence-electron chi connectivity index (χ2n) is 6.85. The van der Waals surface area contributed by atoms with Gasteiger partial charge in [0.25, 0.3) is 5.56 Å². The summed E-state index contributed by atoms with van der Waals surface area (Å²) in [5, 5.41) is 6.10. The van der Waals surface area contributed by atoms with Crippen molar-refractivity contribution in [1.82, 2.24) is 9.78 Å². The molecule has 8 heteroatoms. The van der Waals surface area contributed by atoms with Crippen molar-refractivity contribution in [3.63, 3.8) is 0 Å². The third kappa shape index (κ3) is 5.84. The molecule has 32 heavy (non-hydrogen) atoms. The highest BCUT2D eigenvalue weighted by atomic mass is 35.5. The minimum absolute atomic E-state index is 0.0918. The van der Waals surface area contributed by atoms with Crippen LogP contribution in [0.1, 0.15) is 18.9 Å². The number of halogens is 1. The summed E-state index contributed by atoms with van der Waals surface area (Å²) in [5.74, 6) is 0.703. The largest absolute Gasteiger partial charge is 0.497 e. The first-order chi connectivity index (χ1) is 15.5. The number of hydroxylamine groups is 1. The van der Waals surface area contributed by atoms with Crippen molar-refractivity contribution in [2.75, 3.05) is 18.8 Å². The van der Waals surface area contributed by atoms with Gasteiger partial charge in [0, 0.05) is 10.6 Å². The van der Waals surface area contributed by atoms with E-state index in [0.717, 1.165) is 16.2 Å². The van der Waals surface area contributed by atoms with E-state index in [9.17, 15) is 9.59 Å². The first-order valence-electron chi connectivity index (χ1n) is 10.1. The second-order valence-corrected chi connectivity index (χ2v) is 7.29. The summed E-state index contributed by atoms with van der Waals surface area (Å²) in [7, 11) is 1.59. The standard InChI is InChI=1S/C24H24ClN3O4/c1-3-15-32-28(17-29)23-16-22(19-8-12-21(31-2)13-9-19)26-27(24(23)30)14-4-5-18-6-10-20(25)11-7-18/h4-13,16-17H,3,14-15H2,1-2H3/b5-4+. The molecule has 7 nitrogen and oxygen atoms in total. The van der Waals surface area contributed by atoms with Crippen LogP contribution in [0.25, 0.3) is 17.3 Å². The van der Waals surface area contributed by atoms with Crippen LogP contribution >= 0.6 is 11.6 Å². The number of methoxy groups -OCH3 is 1. The molecule has 3 rings (SSSR count). The summed E-state index contributed by atoms with van der Waals surface area (Å²) in [6.45, 7) is 2.42. The fourth-order valence-corrected chi connectivity index (χ4v) is 3.05. The molecule has 2 aromatic carbocycles. The Morgan fingerprint density at radius 1 is 1.12 bits per heavy atom. The van der Waals surface area contributed by atoms with E-state index in [-0.39, 0.29) is 12.2 Å². The lowest BCUT2D eigenvalue weighted by molar-refractivity contribution is -0.114. The fourth-order valence-electron chi connectivity index (χ4n) is 2.92. The van der Waals surface area contributed by atoms with Crippen LogP contribution in [0.4, 0.5) is 5.69 Å². The number of rotatable bonds is 10. The molecule has 0 aliphatic heterocycles. The molecule has 0 unspecified atom stereocenters. The fraction of sp³-hybridized carbons (Fsp3) is 0.208. The van der Waals surface area contributed by atoms with Gasteiger partial charge in [0.15, 0.2) is 0 Å². The van der Waals surface area contributed by atoms with Crippen LogP contribution in [0, 0.1) is 0 Å². The zero-order chi connectivity index (χ0) is 22.9. The molecule has 0 aliphatic rings. The first-order valence-corrected chi connectivity index (χ1v) is 10.5. The average Bonchev–Trinajstić information content (AvgIpc) is 2.82. The van der Waals surface area contributed by atoms with Crippen molar-refractivity contribution < 1.29 is 14.4 Å². The number of amides is 1. The number of carbonyl (C=O) groups excluding carboxylic acids is 1. The molecule has 3 aromatic rings. The molecule has 0 fully saturated rings. The molecule has 1 aromatic heterocycles. The Morgan fingerprint density at radius 2 is 1.84 bits per heavy atom. The van der Waals surface area contributed by atoms with Gasteiger partial charge in [-0.25, -0.2) is 4.68 Å². The molecule has 1 amide bonds. The Labute approximate surface area is 191 Å². The summed E-state index contributed by atoms with van der Waals surface area (Å²) in [6.07, 6.45) is 4.86. The van der Waals surface area contributed by atoms with Crippen LogP contribution in [-0.4, -0.2) is 29.9 Å². The van der Waals surface area contributed by atoms with E-state index in [2.05, 4.69) is 5.10 Å². The summed E-state index contributed by atoms with van der Waals surface area (Å²) in [5.41, 5.74) is 1.88. The predicted octanol–water partition coefficient (Wildman–Crippen LogP) is 4.59. The Balaban J connectivity index is 1.99. The van der Waals surface area contributed by atoms with E-state index in [0.29, 0.717) is 35.9 Å². The normalized spacial score (nSPS) is 11.0. The molecule has 0 bridgehead atoms. The van der Waals surface area contributed by atoms with Crippen molar-refractivity contribution in [2.45, 2.75) is 19.9 Å². The Hall–Kier alpha value is -3.42. The Morgan fingerprint density at radius 3 is 2.47 bits per heavy atom. The van der Waals surface area contributed by atoms with E-state index in [1.807, 2.05) is 43.3 Å². The highest BCUT2D eigenvalue weighted by Crippen LogP contribution is 2.23. The molecule has 1 heterocycles. The number of anilines is 1. The van der Waals surface area contributed by atoms with E-state index in [1.54, 1.807) is 37.4 Å². The number of benzene rings is 2. The van der Waals surface area contributed by atoms with Gasteiger partial charge in [0.2, 0.25) is 6.41 Å². The highest BCUT2D eigenvalue weighted by Gasteiger charge is 2.16. The van der Waals surface area contributed by atoms with Crippen molar-refractivity contribution in [3.8, 4) is 17.0 Å². The molecule has 0 atom stereocenters. The number of allylic oxidation sites excluding steroid dienone is 1. The molecular weight excluding hydrogens is 430 g/mol. The monoisotopic (exact) mass is 453 g/mol.